The van der Waals surface area contributed by atoms with Crippen molar-refractivity contribution in [2.75, 3.05) is 16.8 Å². The average Bonchev–Trinajstić information content (AvgIpc) is 2.62. The quantitative estimate of drug-likeness (QED) is 0.837. The van der Waals surface area contributed by atoms with E-state index in [1.165, 1.54) is 0 Å². The zero-order chi connectivity index (χ0) is 13.6. The van der Waals surface area contributed by atoms with Crippen molar-refractivity contribution >= 4 is 45.2 Å². The fourth-order valence-corrected chi connectivity index (χ4v) is 3.49. The van der Waals surface area contributed by atoms with Gasteiger partial charge in [-0.25, -0.2) is 4.98 Å². The Morgan fingerprint density at radius 2 is 2.32 bits per heavy atom. The Bertz CT molecular complexity index is 683. The Morgan fingerprint density at radius 1 is 1.53 bits per heavy atom. The van der Waals surface area contributed by atoms with Crippen LogP contribution in [0.2, 0.25) is 0 Å². The van der Waals surface area contributed by atoms with Gasteiger partial charge in [-0.05, 0) is 28.1 Å². The summed E-state index contributed by atoms with van der Waals surface area (Å²) in [6, 6.07) is 5.95. The van der Waals surface area contributed by atoms with E-state index in [0.717, 1.165) is 21.8 Å². The summed E-state index contributed by atoms with van der Waals surface area (Å²) < 4.78 is 2.51. The van der Waals surface area contributed by atoms with Crippen LogP contribution in [0.3, 0.4) is 0 Å². The van der Waals surface area contributed by atoms with E-state index >= 15 is 0 Å². The first-order valence-corrected chi connectivity index (χ1v) is 7.39. The number of nitrogen functional groups attached to an aromatic ring is 1. The molecule has 3 rings (SSSR count). The second-order valence-electron chi connectivity index (χ2n) is 4.22. The number of imidazole rings is 1. The van der Waals surface area contributed by atoms with Crippen LogP contribution in [0, 0.1) is 0 Å². The van der Waals surface area contributed by atoms with Crippen LogP contribution in [0.1, 0.15) is 0 Å². The molecule has 1 aromatic carbocycles. The van der Waals surface area contributed by atoms with Gasteiger partial charge in [-0.15, -0.1) is 11.8 Å². The normalized spacial score (nSPS) is 14.1. The zero-order valence-electron chi connectivity index (χ0n) is 10.1. The molecule has 1 aromatic heterocycles. The molecule has 0 atom stereocenters. The van der Waals surface area contributed by atoms with Crippen LogP contribution < -0.4 is 11.1 Å². The number of nitrogens with zero attached hydrogens (tertiary/aromatic N) is 2. The summed E-state index contributed by atoms with van der Waals surface area (Å²) >= 11 is 4.95. The maximum Gasteiger partial charge on any atom is 0.234 e. The molecule has 0 fully saturated rings. The van der Waals surface area contributed by atoms with Gasteiger partial charge in [0.15, 0.2) is 0 Å². The van der Waals surface area contributed by atoms with Gasteiger partial charge in [0, 0.05) is 17.5 Å². The van der Waals surface area contributed by atoms with Gasteiger partial charge < -0.3 is 15.6 Å². The van der Waals surface area contributed by atoms with E-state index in [-0.39, 0.29) is 5.91 Å². The van der Waals surface area contributed by atoms with Crippen LogP contribution in [0.25, 0.3) is 11.3 Å². The van der Waals surface area contributed by atoms with Crippen molar-refractivity contribution in [3.8, 4) is 11.3 Å². The van der Waals surface area contributed by atoms with Crippen LogP contribution in [0.4, 0.5) is 11.6 Å². The number of benzene rings is 1. The number of rotatable bonds is 1. The highest BCUT2D eigenvalue weighted by Gasteiger charge is 2.18. The molecule has 0 saturated heterocycles. The molecule has 7 heteroatoms. The second-order valence-corrected chi connectivity index (χ2v) is 5.98. The molecule has 98 valence electrons. The highest BCUT2D eigenvalue weighted by molar-refractivity contribution is 9.10. The number of aromatic nitrogens is 2. The fraction of sp³-hybridized carbons (Fsp3) is 0.167. The highest BCUT2D eigenvalue weighted by Crippen LogP contribution is 2.37. The topological polar surface area (TPSA) is 72.9 Å². The lowest BCUT2D eigenvalue weighted by atomic mass is 10.1. The summed E-state index contributed by atoms with van der Waals surface area (Å²) in [7, 11) is 1.86. The van der Waals surface area contributed by atoms with E-state index in [9.17, 15) is 4.79 Å². The van der Waals surface area contributed by atoms with Crippen molar-refractivity contribution < 1.29 is 4.79 Å². The van der Waals surface area contributed by atoms with Gasteiger partial charge in [-0.1, -0.05) is 6.07 Å². The molecule has 0 spiro atoms. The van der Waals surface area contributed by atoms with Gasteiger partial charge in [0.1, 0.15) is 4.60 Å². The van der Waals surface area contributed by atoms with Crippen LogP contribution in [-0.2, 0) is 11.8 Å². The molecule has 0 radical (unpaired) electrons. The number of fused-ring (bicyclic) bond motifs is 1. The van der Waals surface area contributed by atoms with Crippen molar-refractivity contribution in [3.63, 3.8) is 0 Å². The minimum absolute atomic E-state index is 0.0261. The second kappa shape index (κ2) is 4.57. The lowest BCUT2D eigenvalue weighted by Crippen LogP contribution is -2.18. The lowest BCUT2D eigenvalue weighted by Gasteiger charge is -2.17. The number of thioether (sulfide) groups is 1. The van der Waals surface area contributed by atoms with E-state index in [0.29, 0.717) is 16.3 Å². The van der Waals surface area contributed by atoms with Gasteiger partial charge in [-0.2, -0.15) is 0 Å². The number of carbonyl (C=O) groups excluding carboxylic acids is 1. The number of carbonyl (C=O) groups is 1. The molecule has 19 heavy (non-hydrogen) atoms. The molecular weight excluding hydrogens is 328 g/mol. The maximum absolute atomic E-state index is 11.4. The summed E-state index contributed by atoms with van der Waals surface area (Å²) in [4.78, 5) is 16.7. The molecule has 3 N–H and O–H groups in total. The lowest BCUT2D eigenvalue weighted by molar-refractivity contribution is -0.113. The van der Waals surface area contributed by atoms with Crippen LogP contribution in [0.15, 0.2) is 27.7 Å². The number of nitrogens with two attached hydrogens (primary N) is 1. The van der Waals surface area contributed by atoms with Gasteiger partial charge in [0.05, 0.1) is 17.1 Å². The summed E-state index contributed by atoms with van der Waals surface area (Å²) in [5.74, 6) is 0.936. The summed E-state index contributed by atoms with van der Waals surface area (Å²) in [5.41, 5.74) is 8.48. The van der Waals surface area contributed by atoms with Crippen molar-refractivity contribution in [2.45, 2.75) is 4.90 Å². The predicted molar refractivity (Wildman–Crippen MR) is 80.1 cm³/mol. The van der Waals surface area contributed by atoms with E-state index in [1.54, 1.807) is 11.8 Å². The van der Waals surface area contributed by atoms with E-state index in [1.807, 2.05) is 29.8 Å². The zero-order valence-corrected chi connectivity index (χ0v) is 12.5. The largest absolute Gasteiger partial charge is 0.369 e. The molecule has 1 aliphatic rings. The first-order valence-electron chi connectivity index (χ1n) is 5.61. The average molecular weight is 339 g/mol. The number of hydrogen-bond acceptors (Lipinski definition) is 4. The molecule has 5 nitrogen and oxygen atoms in total. The Hall–Kier alpha value is -1.47. The molecule has 1 aliphatic heterocycles. The van der Waals surface area contributed by atoms with Crippen LogP contribution in [0.5, 0.6) is 0 Å². The molecule has 0 aliphatic carbocycles. The third kappa shape index (κ3) is 2.12. The Labute approximate surface area is 122 Å². The van der Waals surface area contributed by atoms with Crippen molar-refractivity contribution in [1.29, 1.82) is 0 Å². The molecular formula is C12H11BrN4OS. The molecule has 2 aromatic rings. The Balaban J connectivity index is 2.11. The van der Waals surface area contributed by atoms with E-state index in [4.69, 9.17) is 5.73 Å². The van der Waals surface area contributed by atoms with Crippen LogP contribution in [-0.4, -0.2) is 21.2 Å². The fourth-order valence-electron chi connectivity index (χ4n) is 2.02. The smallest absolute Gasteiger partial charge is 0.234 e. The van der Waals surface area contributed by atoms with Crippen LogP contribution >= 0.6 is 27.7 Å². The van der Waals surface area contributed by atoms with Gasteiger partial charge >= 0.3 is 0 Å². The third-order valence-corrected chi connectivity index (χ3v) is 4.60. The van der Waals surface area contributed by atoms with Gasteiger partial charge in [0.2, 0.25) is 11.9 Å². The summed E-state index contributed by atoms with van der Waals surface area (Å²) in [6.45, 7) is 0. The molecule has 0 saturated carbocycles. The molecule has 0 unspecified atom stereocenters. The van der Waals surface area contributed by atoms with E-state index in [2.05, 4.69) is 26.2 Å². The van der Waals surface area contributed by atoms with Crippen molar-refractivity contribution in [2.24, 2.45) is 7.05 Å². The number of amides is 1. The summed E-state index contributed by atoms with van der Waals surface area (Å²) in [5, 5.41) is 2.88. The molecule has 2 heterocycles. The van der Waals surface area contributed by atoms with Crippen molar-refractivity contribution in [1.82, 2.24) is 9.55 Å². The number of nitrogens with one attached hydrogen (secondary N) is 1. The SMILES string of the molecule is Cn1c(N)nc(Br)c1-c1ccc2c(c1)NC(=O)CS2. The third-order valence-electron chi connectivity index (χ3n) is 2.97. The maximum atomic E-state index is 11.4. The highest BCUT2D eigenvalue weighted by atomic mass is 79.9. The monoisotopic (exact) mass is 338 g/mol. The summed E-state index contributed by atoms with van der Waals surface area (Å²) in [6.07, 6.45) is 0. The molecule has 0 bridgehead atoms. The predicted octanol–water partition coefficient (Wildman–Crippen LogP) is 2.48. The van der Waals surface area contributed by atoms with Crippen molar-refractivity contribution in [3.05, 3.63) is 22.8 Å². The first kappa shape index (κ1) is 12.6. The standard InChI is InChI=1S/C12H11BrN4OS/c1-17-10(11(13)16-12(17)14)6-2-3-8-7(4-6)15-9(18)5-19-8/h2-4H,5H2,1H3,(H2,14,16)(H,15,18). The number of halogens is 1. The van der Waals surface area contributed by atoms with Gasteiger partial charge in [0.25, 0.3) is 0 Å². The minimum atomic E-state index is 0.0261. The molecule has 1 amide bonds. The number of hydrogen-bond donors (Lipinski definition) is 2. The van der Waals surface area contributed by atoms with Gasteiger partial charge in [-0.3, -0.25) is 4.79 Å². The minimum Gasteiger partial charge on any atom is -0.369 e. The Morgan fingerprint density at radius 3 is 3.00 bits per heavy atom. The number of anilines is 2. The Kier molecular flexibility index (Phi) is 3.02. The van der Waals surface area contributed by atoms with E-state index < -0.39 is 0 Å². The first-order chi connectivity index (χ1) is 9.06.